The molecule has 31 heavy (non-hydrogen) atoms. The molecule has 1 aromatic carbocycles. The average Bonchev–Trinajstić information content (AvgIpc) is 3.16. The lowest BCUT2D eigenvalue weighted by Gasteiger charge is -2.34. The van der Waals surface area contributed by atoms with Crippen molar-refractivity contribution in [2.75, 3.05) is 26.2 Å². The van der Waals surface area contributed by atoms with Crippen LogP contribution >= 0.6 is 0 Å². The lowest BCUT2D eigenvalue weighted by molar-refractivity contribution is -0.122. The minimum atomic E-state index is -0.911. The first kappa shape index (κ1) is 22.1. The minimum absolute atomic E-state index is 0.0541. The van der Waals surface area contributed by atoms with Crippen LogP contribution in [0.4, 0.5) is 8.78 Å². The van der Waals surface area contributed by atoms with E-state index in [1.807, 2.05) is 0 Å². The van der Waals surface area contributed by atoms with Gasteiger partial charge in [-0.05, 0) is 76.6 Å². The Bertz CT molecular complexity index is 888. The van der Waals surface area contributed by atoms with Crippen molar-refractivity contribution in [3.05, 3.63) is 29.5 Å². The van der Waals surface area contributed by atoms with Crippen LogP contribution in [0.3, 0.4) is 0 Å². The Morgan fingerprint density at radius 1 is 1.13 bits per heavy atom. The van der Waals surface area contributed by atoms with Crippen LogP contribution in [0.5, 0.6) is 0 Å². The number of aliphatic hydroxyl groups is 1. The fourth-order valence-electron chi connectivity index (χ4n) is 5.04. The Morgan fingerprint density at radius 2 is 1.84 bits per heavy atom. The molecule has 0 spiro atoms. The molecule has 1 aromatic heterocycles. The second-order valence-electron chi connectivity index (χ2n) is 8.99. The van der Waals surface area contributed by atoms with Crippen molar-refractivity contribution in [2.24, 2.45) is 5.92 Å². The molecule has 2 fully saturated rings. The van der Waals surface area contributed by atoms with Gasteiger partial charge in [-0.1, -0.05) is 5.16 Å². The molecule has 1 aliphatic heterocycles. The molecule has 0 unspecified atom stereocenters. The highest BCUT2D eigenvalue weighted by Gasteiger charge is 2.27. The summed E-state index contributed by atoms with van der Waals surface area (Å²) in [7, 11) is 0. The van der Waals surface area contributed by atoms with Crippen LogP contribution in [-0.4, -0.2) is 53.4 Å². The van der Waals surface area contributed by atoms with Gasteiger partial charge >= 0.3 is 0 Å². The second kappa shape index (κ2) is 10.0. The molecule has 2 heterocycles. The summed E-state index contributed by atoms with van der Waals surface area (Å²) < 4.78 is 32.3. The zero-order valence-corrected chi connectivity index (χ0v) is 17.8. The first-order valence-electron chi connectivity index (χ1n) is 11.4. The Labute approximate surface area is 181 Å². The maximum Gasteiger partial charge on any atom is 0.222 e. The van der Waals surface area contributed by atoms with Crippen molar-refractivity contribution in [3.63, 3.8) is 0 Å². The van der Waals surface area contributed by atoms with Crippen molar-refractivity contribution in [3.8, 4) is 0 Å². The summed E-state index contributed by atoms with van der Waals surface area (Å²) in [4.78, 5) is 14.1. The molecule has 8 heteroatoms. The molecule has 2 aromatic rings. The third-order valence-corrected chi connectivity index (χ3v) is 6.92. The molecule has 0 radical (unpaired) electrons. The Morgan fingerprint density at radius 3 is 2.55 bits per heavy atom. The van der Waals surface area contributed by atoms with Crippen molar-refractivity contribution >= 4 is 16.9 Å². The zero-order valence-electron chi connectivity index (χ0n) is 17.8. The van der Waals surface area contributed by atoms with E-state index in [-0.39, 0.29) is 30.9 Å². The second-order valence-corrected chi connectivity index (χ2v) is 8.99. The number of benzene rings is 1. The molecule has 4 rings (SSSR count). The summed E-state index contributed by atoms with van der Waals surface area (Å²) in [6.07, 6.45) is 7.52. The van der Waals surface area contributed by atoms with Gasteiger partial charge in [0, 0.05) is 29.8 Å². The number of aliphatic hydroxyl groups excluding tert-OH is 1. The fourth-order valence-corrected chi connectivity index (χ4v) is 5.04. The number of hydrogen-bond acceptors (Lipinski definition) is 5. The zero-order chi connectivity index (χ0) is 21.8. The summed E-state index contributed by atoms with van der Waals surface area (Å²) in [5.74, 6) is -0.924. The topological polar surface area (TPSA) is 78.6 Å². The number of amides is 1. The van der Waals surface area contributed by atoms with E-state index in [1.54, 1.807) is 0 Å². The smallest absolute Gasteiger partial charge is 0.222 e. The van der Waals surface area contributed by atoms with Crippen LogP contribution in [0.1, 0.15) is 63.0 Å². The highest BCUT2D eigenvalue weighted by Crippen LogP contribution is 2.34. The number of piperidine rings is 1. The highest BCUT2D eigenvalue weighted by molar-refractivity contribution is 5.80. The number of likely N-dealkylation sites (tertiary alicyclic amines) is 1. The van der Waals surface area contributed by atoms with Crippen LogP contribution in [0.15, 0.2) is 16.7 Å². The van der Waals surface area contributed by atoms with E-state index in [9.17, 15) is 13.6 Å². The molecule has 2 N–H and O–H groups in total. The first-order chi connectivity index (χ1) is 15.0. The molecular weight excluding hydrogens is 404 g/mol. The normalized spacial score (nSPS) is 23.3. The molecule has 6 nitrogen and oxygen atoms in total. The van der Waals surface area contributed by atoms with Crippen LogP contribution in [0.2, 0.25) is 0 Å². The summed E-state index contributed by atoms with van der Waals surface area (Å²) in [6.45, 7) is 2.91. The lowest BCUT2D eigenvalue weighted by Crippen LogP contribution is -2.39. The average molecular weight is 436 g/mol. The van der Waals surface area contributed by atoms with Gasteiger partial charge in [0.1, 0.15) is 0 Å². The van der Waals surface area contributed by atoms with Gasteiger partial charge < -0.3 is 19.8 Å². The Kier molecular flexibility index (Phi) is 7.17. The number of aromatic nitrogens is 1. The van der Waals surface area contributed by atoms with E-state index in [4.69, 9.17) is 9.63 Å². The van der Waals surface area contributed by atoms with E-state index in [0.29, 0.717) is 16.9 Å². The number of nitrogens with one attached hydrogen (secondary N) is 1. The predicted molar refractivity (Wildman–Crippen MR) is 113 cm³/mol. The largest absolute Gasteiger partial charge is 0.396 e. The maximum atomic E-state index is 13.7. The van der Waals surface area contributed by atoms with E-state index >= 15 is 0 Å². The minimum Gasteiger partial charge on any atom is -0.396 e. The number of nitrogens with zero attached hydrogens (tertiary/aromatic N) is 2. The summed E-state index contributed by atoms with van der Waals surface area (Å²) >= 11 is 0. The molecular formula is C23H31F2N3O3. The van der Waals surface area contributed by atoms with Gasteiger partial charge in [-0.25, -0.2) is 8.78 Å². The van der Waals surface area contributed by atoms with Gasteiger partial charge in [0.2, 0.25) is 5.91 Å². The van der Waals surface area contributed by atoms with Crippen LogP contribution in [-0.2, 0) is 4.79 Å². The van der Waals surface area contributed by atoms with Crippen LogP contribution in [0.25, 0.3) is 11.0 Å². The number of rotatable bonds is 7. The Balaban J connectivity index is 1.20. The predicted octanol–water partition coefficient (Wildman–Crippen LogP) is 3.73. The molecule has 1 saturated heterocycles. The van der Waals surface area contributed by atoms with Gasteiger partial charge in [0.25, 0.3) is 0 Å². The standard InChI is InChI=1S/C23H31F2N3O3/c24-19-13-18-21(14-20(19)25)31-27-23(18)16-6-10-28(11-7-16)9-5-15-1-3-17(4-2-15)26-22(30)8-12-29/h13-17,29H,1-12H2,(H,26,30). The summed E-state index contributed by atoms with van der Waals surface area (Å²) in [5.41, 5.74) is 1.05. The monoisotopic (exact) mass is 435 g/mol. The van der Waals surface area contributed by atoms with Crippen LogP contribution in [0, 0.1) is 17.6 Å². The SMILES string of the molecule is O=C(CCO)NC1CCC(CCN2CCC(c3noc4cc(F)c(F)cc34)CC2)CC1. The first-order valence-corrected chi connectivity index (χ1v) is 11.4. The van der Waals surface area contributed by atoms with Gasteiger partial charge in [-0.3, -0.25) is 4.79 Å². The van der Waals surface area contributed by atoms with Gasteiger partial charge in [-0.2, -0.15) is 0 Å². The quantitative estimate of drug-likeness (QED) is 0.693. The number of carbonyl (C=O) groups is 1. The molecule has 2 aliphatic rings. The van der Waals surface area contributed by atoms with Crippen LogP contribution < -0.4 is 5.32 Å². The maximum absolute atomic E-state index is 13.7. The summed E-state index contributed by atoms with van der Waals surface area (Å²) in [6, 6.07) is 2.52. The highest BCUT2D eigenvalue weighted by atomic mass is 19.2. The van der Waals surface area contributed by atoms with Gasteiger partial charge in [0.05, 0.1) is 12.3 Å². The third-order valence-electron chi connectivity index (χ3n) is 6.92. The van der Waals surface area contributed by atoms with Gasteiger partial charge in [0.15, 0.2) is 17.2 Å². The number of fused-ring (bicyclic) bond motifs is 1. The lowest BCUT2D eigenvalue weighted by atomic mass is 9.83. The van der Waals surface area contributed by atoms with Crippen molar-refractivity contribution < 1.29 is 23.2 Å². The van der Waals surface area contributed by atoms with E-state index in [0.717, 1.165) is 69.9 Å². The van der Waals surface area contributed by atoms with E-state index in [1.165, 1.54) is 12.5 Å². The van der Waals surface area contributed by atoms with Crippen molar-refractivity contribution in [1.29, 1.82) is 0 Å². The number of carbonyl (C=O) groups excluding carboxylic acids is 1. The molecule has 1 amide bonds. The molecule has 170 valence electrons. The third kappa shape index (κ3) is 5.41. The van der Waals surface area contributed by atoms with Crippen molar-refractivity contribution in [1.82, 2.24) is 15.4 Å². The molecule has 0 bridgehead atoms. The van der Waals surface area contributed by atoms with Crippen molar-refractivity contribution in [2.45, 2.75) is 63.3 Å². The fraction of sp³-hybridized carbons (Fsp3) is 0.652. The number of hydrogen-bond donors (Lipinski definition) is 2. The Hall–Kier alpha value is -2.06. The molecule has 1 aliphatic carbocycles. The number of halogens is 2. The summed E-state index contributed by atoms with van der Waals surface area (Å²) in [5, 5.41) is 16.6. The van der Waals surface area contributed by atoms with E-state index in [2.05, 4.69) is 15.4 Å². The van der Waals surface area contributed by atoms with Gasteiger partial charge in [-0.15, -0.1) is 0 Å². The van der Waals surface area contributed by atoms with E-state index < -0.39 is 11.6 Å². The molecule has 1 saturated carbocycles. The molecule has 0 atom stereocenters.